The van der Waals surface area contributed by atoms with Gasteiger partial charge >= 0.3 is 0 Å². The summed E-state index contributed by atoms with van der Waals surface area (Å²) in [5.41, 5.74) is 0.443. The largest absolute Gasteiger partial charge is 0.439 e. The van der Waals surface area contributed by atoms with E-state index in [-0.39, 0.29) is 36.3 Å². The van der Waals surface area contributed by atoms with Gasteiger partial charge in [-0.15, -0.1) is 0 Å². The molecule has 0 bridgehead atoms. The summed E-state index contributed by atoms with van der Waals surface area (Å²) < 4.78 is 18.7. The molecule has 0 aliphatic rings. The van der Waals surface area contributed by atoms with E-state index in [2.05, 4.69) is 16.9 Å². The van der Waals surface area contributed by atoms with Crippen LogP contribution in [0.2, 0.25) is 0 Å². The van der Waals surface area contributed by atoms with Gasteiger partial charge in [0.15, 0.2) is 11.4 Å². The highest BCUT2D eigenvalue weighted by Crippen LogP contribution is 2.18. The number of amides is 2. The van der Waals surface area contributed by atoms with Crippen molar-refractivity contribution in [2.75, 3.05) is 13.6 Å². The third-order valence-corrected chi connectivity index (χ3v) is 2.78. The average molecular weight is 291 g/mol. The van der Waals surface area contributed by atoms with Gasteiger partial charge in [0.1, 0.15) is 5.52 Å². The van der Waals surface area contributed by atoms with Crippen LogP contribution in [0.5, 0.6) is 0 Å². The highest BCUT2D eigenvalue weighted by atomic mass is 19.1. The Morgan fingerprint density at radius 1 is 1.52 bits per heavy atom. The number of hydrogen-bond acceptors (Lipinski definition) is 4. The van der Waals surface area contributed by atoms with E-state index in [0.29, 0.717) is 5.58 Å². The van der Waals surface area contributed by atoms with Crippen LogP contribution in [0.15, 0.2) is 35.3 Å². The van der Waals surface area contributed by atoms with E-state index in [0.717, 1.165) is 6.08 Å². The summed E-state index contributed by atoms with van der Waals surface area (Å²) in [5, 5.41) is 2.54. The molecule has 1 N–H and O–H groups in total. The Bertz CT molecular complexity index is 696. The number of fused-ring (bicyclic) bond motifs is 1. The molecule has 0 fully saturated rings. The summed E-state index contributed by atoms with van der Waals surface area (Å²) in [7, 11) is 1.48. The molecule has 2 rings (SSSR count). The molecule has 0 unspecified atom stereocenters. The zero-order valence-electron chi connectivity index (χ0n) is 11.4. The molecule has 6 nitrogen and oxygen atoms in total. The number of hydrogen-bond donors (Lipinski definition) is 1. The summed E-state index contributed by atoms with van der Waals surface area (Å²) >= 11 is 0. The minimum Gasteiger partial charge on any atom is -0.439 e. The van der Waals surface area contributed by atoms with Crippen molar-refractivity contribution in [1.82, 2.24) is 15.2 Å². The van der Waals surface area contributed by atoms with Crippen LogP contribution in [-0.2, 0) is 16.1 Å². The Labute approximate surface area is 120 Å². The topological polar surface area (TPSA) is 75.4 Å². The van der Waals surface area contributed by atoms with E-state index in [1.807, 2.05) is 0 Å². The molecule has 2 amide bonds. The fourth-order valence-electron chi connectivity index (χ4n) is 1.72. The van der Waals surface area contributed by atoms with Crippen LogP contribution in [0.25, 0.3) is 11.1 Å². The molecule has 0 spiro atoms. The third kappa shape index (κ3) is 3.44. The van der Waals surface area contributed by atoms with Crippen molar-refractivity contribution in [2.45, 2.75) is 6.54 Å². The van der Waals surface area contributed by atoms with Crippen LogP contribution in [0.1, 0.15) is 5.89 Å². The highest BCUT2D eigenvalue weighted by Gasteiger charge is 2.12. The molecule has 0 atom stereocenters. The highest BCUT2D eigenvalue weighted by molar-refractivity contribution is 5.90. The zero-order chi connectivity index (χ0) is 15.4. The average Bonchev–Trinajstić information content (AvgIpc) is 2.88. The van der Waals surface area contributed by atoms with Gasteiger partial charge in [0, 0.05) is 7.05 Å². The van der Waals surface area contributed by atoms with Gasteiger partial charge in [-0.1, -0.05) is 12.6 Å². The van der Waals surface area contributed by atoms with Crippen molar-refractivity contribution in [3.8, 4) is 0 Å². The van der Waals surface area contributed by atoms with Crippen LogP contribution in [0, 0.1) is 5.82 Å². The van der Waals surface area contributed by atoms with E-state index in [1.165, 1.54) is 24.1 Å². The van der Waals surface area contributed by atoms with Crippen molar-refractivity contribution in [3.63, 3.8) is 0 Å². The normalized spacial score (nSPS) is 10.4. The van der Waals surface area contributed by atoms with Gasteiger partial charge in [0.2, 0.25) is 17.7 Å². The molecule has 1 aromatic heterocycles. The molecule has 0 radical (unpaired) electrons. The van der Waals surface area contributed by atoms with E-state index in [4.69, 9.17) is 4.42 Å². The number of nitrogens with zero attached hydrogens (tertiary/aromatic N) is 2. The third-order valence-electron chi connectivity index (χ3n) is 2.78. The first kappa shape index (κ1) is 14.7. The van der Waals surface area contributed by atoms with Crippen molar-refractivity contribution < 1.29 is 18.4 Å². The Balaban J connectivity index is 1.95. The molecular formula is C14H14FN3O3. The number of para-hydroxylation sites is 1. The van der Waals surface area contributed by atoms with Gasteiger partial charge in [-0.25, -0.2) is 9.37 Å². The van der Waals surface area contributed by atoms with E-state index in [9.17, 15) is 14.0 Å². The van der Waals surface area contributed by atoms with Crippen LogP contribution in [0.4, 0.5) is 4.39 Å². The summed E-state index contributed by atoms with van der Waals surface area (Å²) in [4.78, 5) is 28.1. The maximum absolute atomic E-state index is 13.4. The Hall–Kier alpha value is -2.70. The lowest BCUT2D eigenvalue weighted by atomic mass is 10.3. The Morgan fingerprint density at radius 2 is 2.29 bits per heavy atom. The monoisotopic (exact) mass is 291 g/mol. The fraction of sp³-hybridized carbons (Fsp3) is 0.214. The quantitative estimate of drug-likeness (QED) is 0.841. The minimum absolute atomic E-state index is 0.0169. The van der Waals surface area contributed by atoms with E-state index >= 15 is 0 Å². The lowest BCUT2D eigenvalue weighted by Crippen LogP contribution is -2.37. The SMILES string of the molecule is C=CC(=O)N(C)CC(=O)NCc1nc2c(F)cccc2o1. The van der Waals surface area contributed by atoms with Gasteiger partial charge in [0.25, 0.3) is 0 Å². The number of oxazole rings is 1. The summed E-state index contributed by atoms with van der Waals surface area (Å²) in [6.07, 6.45) is 1.12. The number of halogens is 1. The van der Waals surface area contributed by atoms with Gasteiger partial charge in [-0.2, -0.15) is 0 Å². The van der Waals surface area contributed by atoms with Crippen LogP contribution in [0.3, 0.4) is 0 Å². The molecule has 21 heavy (non-hydrogen) atoms. The smallest absolute Gasteiger partial charge is 0.246 e. The number of carbonyl (C=O) groups is 2. The number of carbonyl (C=O) groups excluding carboxylic acids is 2. The Morgan fingerprint density at radius 3 is 2.95 bits per heavy atom. The lowest BCUT2D eigenvalue weighted by molar-refractivity contribution is -0.131. The second kappa shape index (κ2) is 6.17. The van der Waals surface area contributed by atoms with Crippen molar-refractivity contribution in [3.05, 3.63) is 42.6 Å². The number of rotatable bonds is 5. The van der Waals surface area contributed by atoms with Gasteiger partial charge in [-0.05, 0) is 18.2 Å². The molecule has 2 aromatic rings. The molecule has 0 saturated heterocycles. The summed E-state index contributed by atoms with van der Waals surface area (Å²) in [6, 6.07) is 4.39. The fourth-order valence-corrected chi connectivity index (χ4v) is 1.72. The van der Waals surface area contributed by atoms with E-state index < -0.39 is 5.82 Å². The maximum Gasteiger partial charge on any atom is 0.246 e. The van der Waals surface area contributed by atoms with Crippen molar-refractivity contribution in [1.29, 1.82) is 0 Å². The minimum atomic E-state index is -0.481. The molecule has 7 heteroatoms. The van der Waals surface area contributed by atoms with Crippen LogP contribution < -0.4 is 5.32 Å². The van der Waals surface area contributed by atoms with E-state index in [1.54, 1.807) is 6.07 Å². The molecule has 0 aliphatic heterocycles. The number of aromatic nitrogens is 1. The molecule has 0 saturated carbocycles. The predicted molar refractivity (Wildman–Crippen MR) is 73.6 cm³/mol. The predicted octanol–water partition coefficient (Wildman–Crippen LogP) is 1.23. The first-order chi connectivity index (χ1) is 10.0. The zero-order valence-corrected chi connectivity index (χ0v) is 11.4. The number of benzene rings is 1. The standard InChI is InChI=1S/C14H14FN3O3/c1-3-13(20)18(2)8-11(19)16-7-12-17-14-9(15)5-4-6-10(14)21-12/h3-6H,1,7-8H2,2H3,(H,16,19). The van der Waals surface area contributed by atoms with Crippen molar-refractivity contribution in [2.24, 2.45) is 0 Å². The van der Waals surface area contributed by atoms with Crippen molar-refractivity contribution >= 4 is 22.9 Å². The molecule has 110 valence electrons. The molecular weight excluding hydrogens is 277 g/mol. The second-order valence-electron chi connectivity index (χ2n) is 4.37. The van der Waals surface area contributed by atoms with Crippen LogP contribution in [-0.4, -0.2) is 35.3 Å². The first-order valence-electron chi connectivity index (χ1n) is 6.19. The summed E-state index contributed by atoms with van der Waals surface area (Å²) in [5.74, 6) is -1.02. The molecule has 1 heterocycles. The maximum atomic E-state index is 13.4. The van der Waals surface area contributed by atoms with Gasteiger partial charge in [-0.3, -0.25) is 9.59 Å². The number of nitrogens with one attached hydrogen (secondary N) is 1. The number of likely N-dealkylation sites (N-methyl/N-ethyl adjacent to an activating group) is 1. The van der Waals surface area contributed by atoms with Gasteiger partial charge < -0.3 is 14.6 Å². The second-order valence-corrected chi connectivity index (χ2v) is 4.37. The first-order valence-corrected chi connectivity index (χ1v) is 6.19. The summed E-state index contributed by atoms with van der Waals surface area (Å²) in [6.45, 7) is 3.24. The van der Waals surface area contributed by atoms with Gasteiger partial charge in [0.05, 0.1) is 13.1 Å². The van der Waals surface area contributed by atoms with Crippen LogP contribution >= 0.6 is 0 Å². The Kier molecular flexibility index (Phi) is 4.32. The lowest BCUT2D eigenvalue weighted by Gasteiger charge is -2.13. The molecule has 0 aliphatic carbocycles. The molecule has 1 aromatic carbocycles.